The molecule has 0 spiro atoms. The first-order chi connectivity index (χ1) is 4.81. The van der Waals surface area contributed by atoms with Gasteiger partial charge in [-0.25, -0.2) is 0 Å². The third kappa shape index (κ3) is 2.16. The molecule has 1 rings (SSSR count). The van der Waals surface area contributed by atoms with E-state index in [9.17, 15) is 22.6 Å². The molecular formula is C3H3F3O4P-. The fourth-order valence-corrected chi connectivity index (χ4v) is 1.40. The summed E-state index contributed by atoms with van der Waals surface area (Å²) in [6.07, 6.45) is -7.03. The predicted molar refractivity (Wildman–Crippen MR) is 24.5 cm³/mol. The van der Waals surface area contributed by atoms with Crippen LogP contribution in [0.5, 0.6) is 0 Å². The Morgan fingerprint density at radius 1 is 1.55 bits per heavy atom. The molecule has 0 aromatic rings. The summed E-state index contributed by atoms with van der Waals surface area (Å²) in [5.41, 5.74) is 0. The molecule has 0 saturated carbocycles. The van der Waals surface area contributed by atoms with Crippen molar-refractivity contribution in [2.75, 3.05) is 6.61 Å². The Morgan fingerprint density at radius 2 is 2.09 bits per heavy atom. The zero-order valence-electron chi connectivity index (χ0n) is 5.00. The van der Waals surface area contributed by atoms with Crippen molar-refractivity contribution < 1.29 is 31.7 Å². The lowest BCUT2D eigenvalue weighted by molar-refractivity contribution is -0.230. The molecule has 0 radical (unpaired) electrons. The summed E-state index contributed by atoms with van der Waals surface area (Å²) in [5, 5.41) is 0. The van der Waals surface area contributed by atoms with Crippen LogP contribution >= 0.6 is 7.82 Å². The van der Waals surface area contributed by atoms with Crippen molar-refractivity contribution in [3.63, 3.8) is 0 Å². The van der Waals surface area contributed by atoms with Crippen molar-refractivity contribution >= 4 is 7.82 Å². The summed E-state index contributed by atoms with van der Waals surface area (Å²) < 4.78 is 52.4. The summed E-state index contributed by atoms with van der Waals surface area (Å²) in [4.78, 5) is 10.2. The van der Waals surface area contributed by atoms with Gasteiger partial charge in [0.15, 0.2) is 6.10 Å². The topological polar surface area (TPSA) is 58.6 Å². The first kappa shape index (κ1) is 8.99. The molecule has 1 aliphatic rings. The Labute approximate surface area is 59.5 Å². The Kier molecular flexibility index (Phi) is 2.00. The van der Waals surface area contributed by atoms with Crippen LogP contribution in [-0.2, 0) is 13.6 Å². The van der Waals surface area contributed by atoms with Gasteiger partial charge in [-0.1, -0.05) is 0 Å². The minimum absolute atomic E-state index is 0.982. The van der Waals surface area contributed by atoms with Crippen molar-refractivity contribution in [3.8, 4) is 0 Å². The maximum absolute atomic E-state index is 11.6. The molecule has 1 saturated heterocycles. The SMILES string of the molecule is O=P1([O-])OCC(C(F)(F)F)O1. The van der Waals surface area contributed by atoms with Crippen LogP contribution in [0.15, 0.2) is 0 Å². The molecule has 8 heteroatoms. The van der Waals surface area contributed by atoms with E-state index in [1.165, 1.54) is 0 Å². The van der Waals surface area contributed by atoms with E-state index in [0.717, 1.165) is 0 Å². The van der Waals surface area contributed by atoms with Gasteiger partial charge in [0.1, 0.15) is 0 Å². The van der Waals surface area contributed by atoms with Crippen molar-refractivity contribution in [2.45, 2.75) is 12.3 Å². The lowest BCUT2D eigenvalue weighted by atomic mass is 10.4. The molecule has 0 bridgehead atoms. The Balaban J connectivity index is 2.63. The minimum Gasteiger partial charge on any atom is -0.756 e. The van der Waals surface area contributed by atoms with Gasteiger partial charge >= 0.3 is 6.18 Å². The van der Waals surface area contributed by atoms with Gasteiger partial charge in [0.05, 0.1) is 6.61 Å². The average Bonchev–Trinajstić information content (AvgIpc) is 2.07. The third-order valence-corrected chi connectivity index (χ3v) is 1.98. The molecule has 0 amide bonds. The highest BCUT2D eigenvalue weighted by Gasteiger charge is 2.47. The van der Waals surface area contributed by atoms with Gasteiger partial charge in [-0.05, 0) is 0 Å². The smallest absolute Gasteiger partial charge is 0.417 e. The normalized spacial score (nSPS) is 39.5. The molecule has 2 atom stereocenters. The van der Waals surface area contributed by atoms with Crippen LogP contribution < -0.4 is 4.89 Å². The van der Waals surface area contributed by atoms with Crippen molar-refractivity contribution in [3.05, 3.63) is 0 Å². The lowest BCUT2D eigenvalue weighted by Gasteiger charge is -2.15. The predicted octanol–water partition coefficient (Wildman–Crippen LogP) is 0.432. The fraction of sp³-hybridized carbons (Fsp3) is 1.00. The van der Waals surface area contributed by atoms with E-state index < -0.39 is 26.7 Å². The summed E-state index contributed by atoms with van der Waals surface area (Å²) in [5.74, 6) is 0. The molecule has 0 aliphatic carbocycles. The standard InChI is InChI=1S/C3H4F3O4P/c4-3(5,6)2-1-9-11(7,8)10-2/h2H,1H2,(H,7,8)/p-1. The van der Waals surface area contributed by atoms with E-state index in [1.807, 2.05) is 0 Å². The van der Waals surface area contributed by atoms with Gasteiger partial charge in [0.25, 0.3) is 7.82 Å². The van der Waals surface area contributed by atoms with Gasteiger partial charge in [0, 0.05) is 0 Å². The van der Waals surface area contributed by atoms with Gasteiger partial charge in [-0.2, -0.15) is 13.2 Å². The van der Waals surface area contributed by atoms with E-state index in [4.69, 9.17) is 0 Å². The van der Waals surface area contributed by atoms with Crippen molar-refractivity contribution in [1.82, 2.24) is 0 Å². The second-order valence-corrected chi connectivity index (χ2v) is 3.24. The van der Waals surface area contributed by atoms with E-state index >= 15 is 0 Å². The third-order valence-electron chi connectivity index (χ3n) is 1.01. The van der Waals surface area contributed by atoms with Crippen LogP contribution in [0.1, 0.15) is 0 Å². The van der Waals surface area contributed by atoms with Crippen molar-refractivity contribution in [1.29, 1.82) is 0 Å². The largest absolute Gasteiger partial charge is 0.756 e. The zero-order valence-corrected chi connectivity index (χ0v) is 5.89. The van der Waals surface area contributed by atoms with Gasteiger partial charge in [-0.3, -0.25) is 4.57 Å². The molecule has 66 valence electrons. The van der Waals surface area contributed by atoms with Crippen LogP contribution in [0.4, 0.5) is 13.2 Å². The second-order valence-electron chi connectivity index (χ2n) is 1.88. The maximum Gasteiger partial charge on any atom is 0.417 e. The first-order valence-electron chi connectivity index (χ1n) is 2.52. The number of alkyl halides is 3. The number of halogens is 3. The molecule has 1 fully saturated rings. The minimum atomic E-state index is -4.68. The monoisotopic (exact) mass is 191 g/mol. The zero-order chi connectivity index (χ0) is 8.70. The molecule has 11 heavy (non-hydrogen) atoms. The quantitative estimate of drug-likeness (QED) is 0.521. The Morgan fingerprint density at radius 3 is 2.27 bits per heavy atom. The average molecular weight is 191 g/mol. The van der Waals surface area contributed by atoms with E-state index in [2.05, 4.69) is 9.05 Å². The highest BCUT2D eigenvalue weighted by Crippen LogP contribution is 2.49. The number of rotatable bonds is 0. The van der Waals surface area contributed by atoms with Gasteiger partial charge in [-0.15, -0.1) is 0 Å². The molecule has 0 N–H and O–H groups in total. The Bertz CT molecular complexity index is 201. The molecule has 1 aliphatic heterocycles. The summed E-state index contributed by atoms with van der Waals surface area (Å²) in [7, 11) is -4.67. The molecule has 4 nitrogen and oxygen atoms in total. The summed E-state index contributed by atoms with van der Waals surface area (Å²) in [6.45, 7) is -0.982. The summed E-state index contributed by atoms with van der Waals surface area (Å²) >= 11 is 0. The van der Waals surface area contributed by atoms with Crippen LogP contribution in [0.25, 0.3) is 0 Å². The second kappa shape index (κ2) is 2.45. The molecular weight excluding hydrogens is 188 g/mol. The number of phosphoric ester groups is 1. The highest BCUT2D eigenvalue weighted by molar-refractivity contribution is 7.46. The molecule has 0 aromatic carbocycles. The Hall–Kier alpha value is -0.100. The van der Waals surface area contributed by atoms with E-state index in [-0.39, 0.29) is 0 Å². The first-order valence-corrected chi connectivity index (χ1v) is 3.98. The molecule has 1 heterocycles. The number of phosphoric acid groups is 1. The van der Waals surface area contributed by atoms with Crippen LogP contribution in [0.3, 0.4) is 0 Å². The fourth-order valence-electron chi connectivity index (χ4n) is 0.530. The number of hydrogen-bond donors (Lipinski definition) is 0. The van der Waals surface area contributed by atoms with Crippen LogP contribution in [0.2, 0.25) is 0 Å². The van der Waals surface area contributed by atoms with Crippen LogP contribution in [0, 0.1) is 0 Å². The number of hydrogen-bond acceptors (Lipinski definition) is 4. The van der Waals surface area contributed by atoms with Crippen LogP contribution in [-0.4, -0.2) is 18.9 Å². The van der Waals surface area contributed by atoms with Gasteiger partial charge in [0.2, 0.25) is 0 Å². The van der Waals surface area contributed by atoms with E-state index in [0.29, 0.717) is 0 Å². The van der Waals surface area contributed by atoms with Gasteiger partial charge < -0.3 is 13.9 Å². The van der Waals surface area contributed by atoms with Crippen molar-refractivity contribution in [2.24, 2.45) is 0 Å². The summed E-state index contributed by atoms with van der Waals surface area (Å²) in [6, 6.07) is 0. The molecule has 0 aromatic heterocycles. The molecule has 2 unspecified atom stereocenters. The maximum atomic E-state index is 11.6. The van der Waals surface area contributed by atoms with E-state index in [1.54, 1.807) is 0 Å². The lowest BCUT2D eigenvalue weighted by Crippen LogP contribution is -2.30. The highest BCUT2D eigenvalue weighted by atomic mass is 31.2.